The van der Waals surface area contributed by atoms with E-state index >= 15 is 0 Å². The summed E-state index contributed by atoms with van der Waals surface area (Å²) in [4.78, 5) is 0. The van der Waals surface area contributed by atoms with Crippen molar-refractivity contribution in [1.29, 1.82) is 0 Å². The molecule has 1 N–H and O–H groups in total. The highest BCUT2D eigenvalue weighted by molar-refractivity contribution is 5.82. The van der Waals surface area contributed by atoms with Crippen LogP contribution in [0.25, 0.3) is 5.57 Å². The third kappa shape index (κ3) is 14.4. The molecule has 0 heterocycles. The maximum Gasteiger partial charge on any atom is 0.0485 e. The lowest BCUT2D eigenvalue weighted by molar-refractivity contribution is 0.663. The van der Waals surface area contributed by atoms with Crippen LogP contribution in [0.4, 0.5) is 0 Å². The lowest BCUT2D eigenvalue weighted by atomic mass is 9.88. The van der Waals surface area contributed by atoms with Crippen molar-refractivity contribution in [2.75, 3.05) is 0 Å². The average molecular weight is 556 g/mol. The fourth-order valence-corrected chi connectivity index (χ4v) is 4.24. The van der Waals surface area contributed by atoms with Crippen LogP contribution in [0.3, 0.4) is 0 Å². The summed E-state index contributed by atoms with van der Waals surface area (Å²) in [6.07, 6.45) is 14.6. The highest BCUT2D eigenvalue weighted by atomic mass is 14.9. The first kappa shape index (κ1) is 37.9. The standard InChI is InChI=1S/C33H43N.C4H10.C3H8/c1-9-13-30(14-10-2)33(31-17-15-25(6)16-18-31)32-21-19-29(20-22-32)27(8)34-26(7)28(12-4)23-24(5)11-3;1-3-4-2;1-3-2/h11-12,15-23,27,34H,4,7,9-10,13-14H2,1-3,5-6,8H3;3-4H2,1-2H3;3H2,1-2H3/b24-11-,28-23+;;. The average Bonchev–Trinajstić information content (AvgIpc) is 2.97. The quantitative estimate of drug-likeness (QED) is 0.242. The van der Waals surface area contributed by atoms with Gasteiger partial charge in [0.25, 0.3) is 0 Å². The number of allylic oxidation sites excluding steroid dienone is 5. The van der Waals surface area contributed by atoms with Crippen LogP contribution in [0.2, 0.25) is 0 Å². The van der Waals surface area contributed by atoms with Crippen LogP contribution in [0.5, 0.6) is 0 Å². The molecule has 0 aromatic heterocycles. The van der Waals surface area contributed by atoms with Crippen LogP contribution < -0.4 is 5.32 Å². The summed E-state index contributed by atoms with van der Waals surface area (Å²) in [5.41, 5.74) is 11.2. The molecule has 0 spiro atoms. The van der Waals surface area contributed by atoms with E-state index in [0.717, 1.165) is 37.0 Å². The zero-order valence-electron chi connectivity index (χ0n) is 28.3. The fraction of sp³-hybridized carbons (Fsp3) is 0.450. The van der Waals surface area contributed by atoms with E-state index in [-0.39, 0.29) is 6.04 Å². The Morgan fingerprint density at radius 3 is 1.66 bits per heavy atom. The van der Waals surface area contributed by atoms with Gasteiger partial charge in [0.15, 0.2) is 0 Å². The minimum absolute atomic E-state index is 0.147. The van der Waals surface area contributed by atoms with Gasteiger partial charge in [0.2, 0.25) is 0 Å². The molecule has 0 aliphatic heterocycles. The molecule has 0 aliphatic carbocycles. The maximum absolute atomic E-state index is 4.25. The first-order valence-electron chi connectivity index (χ1n) is 16.0. The molecule has 2 rings (SSSR count). The number of unbranched alkanes of at least 4 members (excludes halogenated alkanes) is 1. The van der Waals surface area contributed by atoms with Gasteiger partial charge in [-0.1, -0.05) is 170 Å². The van der Waals surface area contributed by atoms with Gasteiger partial charge in [0.05, 0.1) is 0 Å². The van der Waals surface area contributed by atoms with Crippen molar-refractivity contribution in [3.63, 3.8) is 0 Å². The third-order valence-corrected chi connectivity index (χ3v) is 6.79. The number of hydrogen-bond acceptors (Lipinski definition) is 1. The summed E-state index contributed by atoms with van der Waals surface area (Å²) < 4.78 is 0. The molecule has 226 valence electrons. The van der Waals surface area contributed by atoms with Crippen molar-refractivity contribution in [2.45, 2.75) is 120 Å². The smallest absolute Gasteiger partial charge is 0.0485 e. The van der Waals surface area contributed by atoms with Crippen LogP contribution in [0.15, 0.2) is 102 Å². The molecule has 41 heavy (non-hydrogen) atoms. The molecule has 0 bridgehead atoms. The first-order chi connectivity index (χ1) is 19.7. The fourth-order valence-electron chi connectivity index (χ4n) is 4.24. The molecule has 0 aliphatic rings. The summed E-state index contributed by atoms with van der Waals surface area (Å²) in [7, 11) is 0. The Balaban J connectivity index is 0.00000205. The van der Waals surface area contributed by atoms with Crippen molar-refractivity contribution in [1.82, 2.24) is 5.32 Å². The predicted octanol–water partition coefficient (Wildman–Crippen LogP) is 12.9. The van der Waals surface area contributed by atoms with Crippen molar-refractivity contribution >= 4 is 5.57 Å². The molecule has 0 radical (unpaired) electrons. The normalized spacial score (nSPS) is 11.8. The molecule has 2 aromatic carbocycles. The molecular formula is C40H61N. The van der Waals surface area contributed by atoms with Gasteiger partial charge in [-0.25, -0.2) is 0 Å². The number of nitrogens with one attached hydrogen (secondary N) is 1. The minimum atomic E-state index is 0.147. The van der Waals surface area contributed by atoms with Gasteiger partial charge >= 0.3 is 0 Å². The Morgan fingerprint density at radius 2 is 1.27 bits per heavy atom. The molecule has 1 nitrogen and oxygen atoms in total. The molecular weight excluding hydrogens is 494 g/mol. The second-order valence-electron chi connectivity index (χ2n) is 10.9. The monoisotopic (exact) mass is 555 g/mol. The van der Waals surface area contributed by atoms with E-state index < -0.39 is 0 Å². The van der Waals surface area contributed by atoms with Gasteiger partial charge in [0, 0.05) is 11.7 Å². The lowest BCUT2D eigenvalue weighted by Gasteiger charge is -2.20. The lowest BCUT2D eigenvalue weighted by Crippen LogP contribution is -2.18. The van der Waals surface area contributed by atoms with Gasteiger partial charge in [-0.15, -0.1) is 0 Å². The molecule has 1 atom stereocenters. The third-order valence-electron chi connectivity index (χ3n) is 6.79. The Morgan fingerprint density at radius 1 is 0.805 bits per heavy atom. The molecule has 2 aromatic rings. The molecule has 0 saturated carbocycles. The van der Waals surface area contributed by atoms with Crippen molar-refractivity contribution < 1.29 is 0 Å². The van der Waals surface area contributed by atoms with Gasteiger partial charge in [0.1, 0.15) is 0 Å². The zero-order valence-corrected chi connectivity index (χ0v) is 28.3. The number of benzene rings is 2. The molecule has 1 unspecified atom stereocenters. The highest BCUT2D eigenvalue weighted by Gasteiger charge is 2.13. The van der Waals surface area contributed by atoms with E-state index in [1.54, 1.807) is 5.57 Å². The highest BCUT2D eigenvalue weighted by Crippen LogP contribution is 2.32. The van der Waals surface area contributed by atoms with Gasteiger partial charge in [-0.05, 0) is 68.4 Å². The van der Waals surface area contributed by atoms with Gasteiger partial charge < -0.3 is 5.32 Å². The van der Waals surface area contributed by atoms with Crippen molar-refractivity contribution in [3.05, 3.63) is 125 Å². The second-order valence-corrected chi connectivity index (χ2v) is 10.9. The maximum atomic E-state index is 4.25. The summed E-state index contributed by atoms with van der Waals surface area (Å²) in [6.45, 7) is 29.8. The SMILES string of the molecule is C=C/C(=C\C(C)=C/C)C(=C)NC(C)c1ccc(C(=C(CCC)CCC)c2ccc(C)cc2)cc1.CCC.CCCC. The second kappa shape index (κ2) is 22.6. The Labute approximate surface area is 255 Å². The first-order valence-corrected chi connectivity index (χ1v) is 16.0. The van der Waals surface area contributed by atoms with E-state index in [1.807, 2.05) is 13.0 Å². The van der Waals surface area contributed by atoms with Crippen LogP contribution >= 0.6 is 0 Å². The van der Waals surface area contributed by atoms with E-state index in [4.69, 9.17) is 0 Å². The van der Waals surface area contributed by atoms with Crippen LogP contribution in [0, 0.1) is 6.92 Å². The molecule has 1 heteroatoms. The topological polar surface area (TPSA) is 12.0 Å². The van der Waals surface area contributed by atoms with E-state index in [0.29, 0.717) is 0 Å². The minimum Gasteiger partial charge on any atom is -0.379 e. The summed E-state index contributed by atoms with van der Waals surface area (Å²) >= 11 is 0. The Kier molecular flexibility index (Phi) is 20.9. The summed E-state index contributed by atoms with van der Waals surface area (Å²) in [5, 5.41) is 3.55. The van der Waals surface area contributed by atoms with Crippen LogP contribution in [-0.2, 0) is 0 Å². The van der Waals surface area contributed by atoms with E-state index in [9.17, 15) is 0 Å². The summed E-state index contributed by atoms with van der Waals surface area (Å²) in [6, 6.07) is 18.2. The van der Waals surface area contributed by atoms with Crippen molar-refractivity contribution in [3.8, 4) is 0 Å². The van der Waals surface area contributed by atoms with Crippen LogP contribution in [-0.4, -0.2) is 0 Å². The number of aryl methyl sites for hydroxylation is 1. The number of rotatable bonds is 13. The van der Waals surface area contributed by atoms with Gasteiger partial charge in [-0.2, -0.15) is 0 Å². The Hall–Kier alpha value is -3.06. The number of hydrogen-bond donors (Lipinski definition) is 1. The van der Waals surface area contributed by atoms with Crippen molar-refractivity contribution in [2.24, 2.45) is 0 Å². The molecule has 0 saturated heterocycles. The Bertz CT molecular complexity index is 1080. The summed E-state index contributed by atoms with van der Waals surface area (Å²) in [5.74, 6) is 0. The predicted molar refractivity (Wildman–Crippen MR) is 188 cm³/mol. The zero-order chi connectivity index (χ0) is 31.2. The molecule has 0 amide bonds. The molecule has 0 fully saturated rings. The van der Waals surface area contributed by atoms with Gasteiger partial charge in [-0.3, -0.25) is 0 Å². The van der Waals surface area contributed by atoms with Crippen LogP contribution in [0.1, 0.15) is 136 Å². The van der Waals surface area contributed by atoms with E-state index in [1.165, 1.54) is 52.7 Å². The largest absolute Gasteiger partial charge is 0.379 e. The van der Waals surface area contributed by atoms with E-state index in [2.05, 4.69) is 141 Å².